The van der Waals surface area contributed by atoms with E-state index in [2.05, 4.69) is 10.4 Å². The third kappa shape index (κ3) is 6.98. The van der Waals surface area contributed by atoms with E-state index >= 15 is 0 Å². The van der Waals surface area contributed by atoms with Crippen LogP contribution in [0, 0.1) is 0 Å². The lowest BCUT2D eigenvalue weighted by molar-refractivity contribution is 0.0931. The van der Waals surface area contributed by atoms with Gasteiger partial charge in [-0.2, -0.15) is 5.10 Å². The summed E-state index contributed by atoms with van der Waals surface area (Å²) in [5, 5.41) is 12.9. The molecule has 4 rings (SSSR count). The van der Waals surface area contributed by atoms with Gasteiger partial charge in [0, 0.05) is 10.6 Å². The van der Waals surface area contributed by atoms with Crippen LogP contribution in [0.3, 0.4) is 0 Å². The van der Waals surface area contributed by atoms with Crippen LogP contribution in [0.2, 0.25) is 5.02 Å². The highest BCUT2D eigenvalue weighted by molar-refractivity contribution is 7.89. The number of halogens is 1. The van der Waals surface area contributed by atoms with E-state index in [1.165, 1.54) is 35.0 Å². The molecule has 0 spiro atoms. The molecule has 41 heavy (non-hydrogen) atoms. The summed E-state index contributed by atoms with van der Waals surface area (Å²) >= 11 is 6.48. The highest BCUT2D eigenvalue weighted by Crippen LogP contribution is 2.59. The van der Waals surface area contributed by atoms with E-state index in [0.717, 1.165) is 0 Å². The Balaban J connectivity index is 1.80. The first kappa shape index (κ1) is 30.7. The maximum Gasteiger partial charge on any atom is 0.357 e. The van der Waals surface area contributed by atoms with Crippen LogP contribution in [0.1, 0.15) is 35.7 Å². The molecule has 14 heteroatoms. The fourth-order valence-electron chi connectivity index (χ4n) is 4.09. The Hall–Kier alpha value is -3.25. The largest absolute Gasteiger partial charge is 0.357 e. The monoisotopic (exact) mass is 612 g/mol. The third-order valence-electron chi connectivity index (χ3n) is 5.96. The van der Waals surface area contributed by atoms with Crippen molar-refractivity contribution in [1.29, 1.82) is 0 Å². The second-order valence-electron chi connectivity index (χ2n) is 8.76. The predicted octanol–water partition coefficient (Wildman–Crippen LogP) is 4.33. The summed E-state index contributed by atoms with van der Waals surface area (Å²) in [6.07, 6.45) is 0. The van der Waals surface area contributed by atoms with Crippen LogP contribution in [0.25, 0.3) is 16.9 Å². The van der Waals surface area contributed by atoms with Crippen molar-refractivity contribution in [3.8, 4) is 16.9 Å². The minimum Gasteiger partial charge on any atom is -0.333 e. The van der Waals surface area contributed by atoms with Gasteiger partial charge in [-0.15, -0.1) is 0 Å². The number of sulfonamides is 1. The SMILES string of the molecule is [B]c1ccc(C(NC(=O)c2cc(-c3ccccc3Cl)n(-c3ccc(S(N)(=O)=O)cc3)n2)P(=O)(OCC)OCC)cc1. The fraction of sp³-hybridized carbons (Fsp3) is 0.185. The molecule has 0 fully saturated rings. The molecule has 10 nitrogen and oxygen atoms in total. The number of nitrogens with zero attached hydrogens (tertiary/aromatic N) is 2. The number of nitrogens with one attached hydrogen (secondary N) is 1. The number of rotatable bonds is 11. The molecular formula is C27H27BClN4O6PS. The first-order valence-corrected chi connectivity index (χ1v) is 16.0. The summed E-state index contributed by atoms with van der Waals surface area (Å²) in [5.41, 5.74) is 2.37. The van der Waals surface area contributed by atoms with Gasteiger partial charge in [0.1, 0.15) is 7.85 Å². The van der Waals surface area contributed by atoms with Crippen molar-refractivity contribution in [2.45, 2.75) is 24.5 Å². The van der Waals surface area contributed by atoms with Gasteiger partial charge in [0.05, 0.1) is 29.5 Å². The Morgan fingerprint density at radius 1 is 1.05 bits per heavy atom. The van der Waals surface area contributed by atoms with E-state index in [9.17, 15) is 17.8 Å². The van der Waals surface area contributed by atoms with Gasteiger partial charge in [-0.25, -0.2) is 18.2 Å². The van der Waals surface area contributed by atoms with Gasteiger partial charge in [-0.1, -0.05) is 59.5 Å². The van der Waals surface area contributed by atoms with Gasteiger partial charge < -0.3 is 14.4 Å². The molecule has 1 aromatic heterocycles. The molecule has 2 radical (unpaired) electrons. The predicted molar refractivity (Wildman–Crippen MR) is 158 cm³/mol. The average Bonchev–Trinajstić information content (AvgIpc) is 3.38. The lowest BCUT2D eigenvalue weighted by atomic mass is 9.95. The molecule has 3 aromatic carbocycles. The molecule has 0 aliphatic carbocycles. The van der Waals surface area contributed by atoms with E-state index < -0.39 is 29.3 Å². The van der Waals surface area contributed by atoms with Crippen LogP contribution in [0.5, 0.6) is 0 Å². The van der Waals surface area contributed by atoms with Crippen molar-refractivity contribution < 1.29 is 26.8 Å². The Bertz CT molecular complexity index is 1690. The zero-order valence-electron chi connectivity index (χ0n) is 22.2. The maximum atomic E-state index is 13.8. The Morgan fingerprint density at radius 2 is 1.66 bits per heavy atom. The van der Waals surface area contributed by atoms with Crippen molar-refractivity contribution in [3.63, 3.8) is 0 Å². The number of nitrogens with two attached hydrogens (primary N) is 1. The molecule has 212 valence electrons. The molecule has 3 N–H and O–H groups in total. The molecule has 4 aromatic rings. The number of hydrogen-bond donors (Lipinski definition) is 2. The Morgan fingerprint density at radius 3 is 2.22 bits per heavy atom. The van der Waals surface area contributed by atoms with E-state index in [0.29, 0.717) is 33.0 Å². The van der Waals surface area contributed by atoms with Crippen LogP contribution in [0.4, 0.5) is 0 Å². The average molecular weight is 613 g/mol. The van der Waals surface area contributed by atoms with Gasteiger partial charge in [0.25, 0.3) is 5.91 Å². The minimum absolute atomic E-state index is 0.0320. The zero-order chi connectivity index (χ0) is 29.8. The molecule has 0 saturated carbocycles. The van der Waals surface area contributed by atoms with E-state index in [-0.39, 0.29) is 23.8 Å². The van der Waals surface area contributed by atoms with Crippen LogP contribution in [-0.2, 0) is 23.6 Å². The minimum atomic E-state index is -3.92. The molecule has 0 saturated heterocycles. The van der Waals surface area contributed by atoms with E-state index in [4.69, 9.17) is 33.6 Å². The number of carbonyl (C=O) groups excluding carboxylic acids is 1. The van der Waals surface area contributed by atoms with Gasteiger partial charge >= 0.3 is 7.60 Å². The highest BCUT2D eigenvalue weighted by atomic mass is 35.5. The number of amides is 1. The molecule has 0 aliphatic heterocycles. The summed E-state index contributed by atoms with van der Waals surface area (Å²) in [7, 11) is -1.97. The van der Waals surface area contributed by atoms with Crippen LogP contribution < -0.4 is 15.9 Å². The second-order valence-corrected chi connectivity index (χ2v) is 12.8. The summed E-state index contributed by atoms with van der Waals surface area (Å²) in [5.74, 6) is -1.84. The standard InChI is InChI=1S/C27H27BClN4O6PS/c1-3-38-40(35,39-4-2)27(18-9-11-19(28)12-10-18)31-26(34)24-17-25(22-7-5-6-8-23(22)29)33(32-24)20-13-15-21(16-14-20)41(30,36)37/h5-17,27H,3-4H2,1-2H3,(H,31,34)(H2,30,36,37). The quantitative estimate of drug-likeness (QED) is 0.190. The highest BCUT2D eigenvalue weighted by Gasteiger charge is 2.39. The van der Waals surface area contributed by atoms with Gasteiger partial charge in [0.15, 0.2) is 11.5 Å². The van der Waals surface area contributed by atoms with Crippen LogP contribution in [0.15, 0.2) is 83.8 Å². The molecule has 1 unspecified atom stereocenters. The van der Waals surface area contributed by atoms with Crippen molar-refractivity contribution in [1.82, 2.24) is 15.1 Å². The summed E-state index contributed by atoms with van der Waals surface area (Å²) in [4.78, 5) is 13.6. The molecule has 1 heterocycles. The van der Waals surface area contributed by atoms with E-state index in [1.807, 2.05) is 0 Å². The molecular weight excluding hydrogens is 586 g/mol. The van der Waals surface area contributed by atoms with Crippen LogP contribution >= 0.6 is 19.2 Å². The van der Waals surface area contributed by atoms with Crippen LogP contribution in [-0.4, -0.2) is 45.2 Å². The molecule has 0 aliphatic rings. The smallest absolute Gasteiger partial charge is 0.333 e. The zero-order valence-corrected chi connectivity index (χ0v) is 24.7. The first-order valence-electron chi connectivity index (χ1n) is 12.5. The van der Waals surface area contributed by atoms with Crippen molar-refractivity contribution >= 4 is 48.4 Å². The van der Waals surface area contributed by atoms with Gasteiger partial charge in [-0.05, 0) is 55.8 Å². The summed E-state index contributed by atoms with van der Waals surface area (Å²) < 4.78 is 49.9. The normalized spacial score (nSPS) is 12.7. The lowest BCUT2D eigenvalue weighted by Crippen LogP contribution is -2.30. The lowest BCUT2D eigenvalue weighted by Gasteiger charge is -2.27. The molecule has 1 atom stereocenters. The molecule has 0 bridgehead atoms. The Labute approximate surface area is 244 Å². The first-order chi connectivity index (χ1) is 19.5. The summed E-state index contributed by atoms with van der Waals surface area (Å²) in [6.45, 7) is 3.51. The van der Waals surface area contributed by atoms with Crippen molar-refractivity contribution in [2.75, 3.05) is 13.2 Å². The number of carbonyl (C=O) groups is 1. The number of primary sulfonamides is 1. The summed E-state index contributed by atoms with van der Waals surface area (Å²) in [6, 6.07) is 20.7. The van der Waals surface area contributed by atoms with Crippen molar-refractivity contribution in [2.24, 2.45) is 5.14 Å². The van der Waals surface area contributed by atoms with Gasteiger partial charge in [-0.3, -0.25) is 9.36 Å². The molecule has 1 amide bonds. The number of hydrogen-bond acceptors (Lipinski definition) is 7. The van der Waals surface area contributed by atoms with Gasteiger partial charge in [0.2, 0.25) is 10.0 Å². The van der Waals surface area contributed by atoms with E-state index in [1.54, 1.807) is 62.4 Å². The maximum absolute atomic E-state index is 13.8. The van der Waals surface area contributed by atoms with Crippen molar-refractivity contribution in [3.05, 3.63) is 95.1 Å². The fourth-order valence-corrected chi connectivity index (χ4v) is 6.75. The Kier molecular flexibility index (Phi) is 9.53. The number of aromatic nitrogens is 2. The topological polar surface area (TPSA) is 143 Å². The third-order valence-corrected chi connectivity index (χ3v) is 9.51. The second kappa shape index (κ2) is 12.7. The number of benzene rings is 3.